The first kappa shape index (κ1) is 15.4. The Morgan fingerprint density at radius 2 is 2.19 bits per heavy atom. The maximum atomic E-state index is 13.6. The van der Waals surface area contributed by atoms with Crippen LogP contribution >= 0.6 is 11.8 Å². The second kappa shape index (κ2) is 6.17. The molecule has 1 atom stereocenters. The average molecular weight is 308 g/mol. The molecule has 2 rings (SSSR count). The minimum atomic E-state index is -0.508. The van der Waals surface area contributed by atoms with Gasteiger partial charge in [0.05, 0.1) is 21.7 Å². The highest BCUT2D eigenvalue weighted by molar-refractivity contribution is 8.00. The molecule has 0 radical (unpaired) electrons. The third-order valence-corrected chi connectivity index (χ3v) is 4.07. The van der Waals surface area contributed by atoms with Crippen molar-refractivity contribution in [3.8, 4) is 0 Å². The second-order valence-electron chi connectivity index (χ2n) is 4.74. The maximum absolute atomic E-state index is 13.6. The molecule has 1 aromatic heterocycles. The molecule has 1 heterocycles. The highest BCUT2D eigenvalue weighted by Gasteiger charge is 2.18. The Kier molecular flexibility index (Phi) is 4.52. The van der Waals surface area contributed by atoms with Crippen LogP contribution in [0.2, 0.25) is 0 Å². The van der Waals surface area contributed by atoms with Crippen LogP contribution in [0.25, 0.3) is 0 Å². The molecule has 0 aliphatic carbocycles. The number of carbonyl (C=O) groups is 1. The summed E-state index contributed by atoms with van der Waals surface area (Å²) < 4.78 is 15.3. The predicted molar refractivity (Wildman–Crippen MR) is 82.7 cm³/mol. The van der Waals surface area contributed by atoms with Crippen LogP contribution in [0.5, 0.6) is 0 Å². The van der Waals surface area contributed by atoms with Gasteiger partial charge in [0, 0.05) is 12.7 Å². The Balaban J connectivity index is 2.06. The SMILES string of the molecule is Cc1cc(SC(C)C(=O)Nc2cc(N)ccc2F)n(C)n1. The van der Waals surface area contributed by atoms with Crippen LogP contribution in [0, 0.1) is 12.7 Å². The Morgan fingerprint density at radius 3 is 2.81 bits per heavy atom. The summed E-state index contributed by atoms with van der Waals surface area (Å²) in [6.07, 6.45) is 0. The van der Waals surface area contributed by atoms with Crippen molar-refractivity contribution < 1.29 is 9.18 Å². The lowest BCUT2D eigenvalue weighted by Gasteiger charge is -2.12. The van der Waals surface area contributed by atoms with E-state index in [1.165, 1.54) is 30.0 Å². The van der Waals surface area contributed by atoms with Crippen molar-refractivity contribution >= 4 is 29.0 Å². The molecule has 1 aromatic carbocycles. The van der Waals surface area contributed by atoms with E-state index in [0.29, 0.717) is 5.69 Å². The van der Waals surface area contributed by atoms with E-state index in [9.17, 15) is 9.18 Å². The van der Waals surface area contributed by atoms with Gasteiger partial charge in [-0.05, 0) is 38.1 Å². The quantitative estimate of drug-likeness (QED) is 0.672. The number of hydrogen-bond acceptors (Lipinski definition) is 4. The van der Waals surface area contributed by atoms with Gasteiger partial charge in [0.15, 0.2) is 0 Å². The van der Waals surface area contributed by atoms with E-state index in [1.54, 1.807) is 11.6 Å². The summed E-state index contributed by atoms with van der Waals surface area (Å²) in [4.78, 5) is 12.1. The Morgan fingerprint density at radius 1 is 1.48 bits per heavy atom. The van der Waals surface area contributed by atoms with Crippen molar-refractivity contribution in [3.05, 3.63) is 35.8 Å². The summed E-state index contributed by atoms with van der Waals surface area (Å²) in [5.41, 5.74) is 6.96. The third kappa shape index (κ3) is 3.75. The zero-order chi connectivity index (χ0) is 15.6. The van der Waals surface area contributed by atoms with Gasteiger partial charge < -0.3 is 11.1 Å². The molecule has 21 heavy (non-hydrogen) atoms. The number of nitrogen functional groups attached to an aromatic ring is 1. The van der Waals surface area contributed by atoms with Gasteiger partial charge in [-0.2, -0.15) is 5.10 Å². The molecule has 2 aromatic rings. The van der Waals surface area contributed by atoms with E-state index in [2.05, 4.69) is 10.4 Å². The molecule has 0 bridgehead atoms. The fraction of sp³-hybridized carbons (Fsp3) is 0.286. The van der Waals surface area contributed by atoms with Crippen LogP contribution in [0.4, 0.5) is 15.8 Å². The fourth-order valence-corrected chi connectivity index (χ4v) is 2.77. The number of rotatable bonds is 4. The Hall–Kier alpha value is -2.02. The standard InChI is InChI=1S/C14H17FN4OS/c1-8-6-13(19(3)18-8)21-9(2)14(20)17-12-7-10(16)4-5-11(12)15/h4-7,9H,16H2,1-3H3,(H,17,20). The molecule has 1 unspecified atom stereocenters. The minimum absolute atomic E-state index is 0.0913. The van der Waals surface area contributed by atoms with Crippen LogP contribution < -0.4 is 11.1 Å². The smallest absolute Gasteiger partial charge is 0.237 e. The topological polar surface area (TPSA) is 72.9 Å². The van der Waals surface area contributed by atoms with Crippen LogP contribution in [-0.2, 0) is 11.8 Å². The number of amides is 1. The zero-order valence-corrected chi connectivity index (χ0v) is 12.9. The van der Waals surface area contributed by atoms with E-state index in [-0.39, 0.29) is 16.8 Å². The van der Waals surface area contributed by atoms with Gasteiger partial charge in [0.25, 0.3) is 0 Å². The van der Waals surface area contributed by atoms with Crippen LogP contribution in [0.15, 0.2) is 29.3 Å². The molecule has 0 spiro atoms. The number of hydrogen-bond donors (Lipinski definition) is 2. The molecule has 0 aliphatic rings. The molecule has 3 N–H and O–H groups in total. The maximum Gasteiger partial charge on any atom is 0.237 e. The van der Waals surface area contributed by atoms with Gasteiger partial charge >= 0.3 is 0 Å². The van der Waals surface area contributed by atoms with Gasteiger partial charge in [-0.1, -0.05) is 11.8 Å². The van der Waals surface area contributed by atoms with E-state index < -0.39 is 5.82 Å². The lowest BCUT2D eigenvalue weighted by Crippen LogP contribution is -2.23. The van der Waals surface area contributed by atoms with Gasteiger partial charge in [0.2, 0.25) is 5.91 Å². The predicted octanol–water partition coefficient (Wildman–Crippen LogP) is 2.57. The number of halogens is 1. The minimum Gasteiger partial charge on any atom is -0.399 e. The van der Waals surface area contributed by atoms with Gasteiger partial charge in [-0.3, -0.25) is 9.48 Å². The van der Waals surface area contributed by atoms with Crippen molar-refractivity contribution in [2.45, 2.75) is 24.1 Å². The largest absolute Gasteiger partial charge is 0.399 e. The molecular formula is C14H17FN4OS. The van der Waals surface area contributed by atoms with Gasteiger partial charge in [-0.15, -0.1) is 0 Å². The van der Waals surface area contributed by atoms with Crippen molar-refractivity contribution in [2.24, 2.45) is 7.05 Å². The normalized spacial score (nSPS) is 12.2. The number of thioether (sulfide) groups is 1. The summed E-state index contributed by atoms with van der Waals surface area (Å²) in [5.74, 6) is -0.797. The second-order valence-corrected chi connectivity index (χ2v) is 6.10. The zero-order valence-electron chi connectivity index (χ0n) is 12.1. The van der Waals surface area contributed by atoms with E-state index in [0.717, 1.165) is 10.7 Å². The van der Waals surface area contributed by atoms with Crippen LogP contribution in [0.3, 0.4) is 0 Å². The van der Waals surface area contributed by atoms with Crippen molar-refractivity contribution in [3.63, 3.8) is 0 Å². The van der Waals surface area contributed by atoms with E-state index >= 15 is 0 Å². The average Bonchev–Trinajstić information content (AvgIpc) is 2.72. The number of nitrogens with zero attached hydrogens (tertiary/aromatic N) is 2. The lowest BCUT2D eigenvalue weighted by molar-refractivity contribution is -0.115. The number of nitrogens with two attached hydrogens (primary N) is 1. The van der Waals surface area contributed by atoms with Crippen molar-refractivity contribution in [2.75, 3.05) is 11.1 Å². The molecule has 0 fully saturated rings. The van der Waals surface area contributed by atoms with E-state index in [4.69, 9.17) is 5.73 Å². The van der Waals surface area contributed by atoms with Gasteiger partial charge in [-0.25, -0.2) is 4.39 Å². The molecule has 1 amide bonds. The van der Waals surface area contributed by atoms with Crippen LogP contribution in [-0.4, -0.2) is 20.9 Å². The van der Waals surface area contributed by atoms with Gasteiger partial charge in [0.1, 0.15) is 5.82 Å². The number of nitrogens with one attached hydrogen (secondary N) is 1. The highest BCUT2D eigenvalue weighted by Crippen LogP contribution is 2.25. The van der Waals surface area contributed by atoms with Crippen molar-refractivity contribution in [1.29, 1.82) is 0 Å². The first-order valence-electron chi connectivity index (χ1n) is 6.40. The summed E-state index contributed by atoms with van der Waals surface area (Å²) >= 11 is 1.36. The fourth-order valence-electron chi connectivity index (χ4n) is 1.80. The Bertz CT molecular complexity index is 671. The summed E-state index contributed by atoms with van der Waals surface area (Å²) in [5, 5.41) is 7.26. The summed E-state index contributed by atoms with van der Waals surface area (Å²) in [7, 11) is 1.82. The number of aryl methyl sites for hydroxylation is 2. The molecule has 112 valence electrons. The number of anilines is 2. The van der Waals surface area contributed by atoms with Crippen LogP contribution in [0.1, 0.15) is 12.6 Å². The van der Waals surface area contributed by atoms with E-state index in [1.807, 2.05) is 20.0 Å². The molecule has 0 saturated heterocycles. The number of benzene rings is 1. The third-order valence-electron chi connectivity index (χ3n) is 2.87. The monoisotopic (exact) mass is 308 g/mol. The molecular weight excluding hydrogens is 291 g/mol. The molecule has 7 heteroatoms. The Labute approximate surface area is 126 Å². The summed E-state index contributed by atoms with van der Waals surface area (Å²) in [6, 6.07) is 5.98. The number of carbonyl (C=O) groups excluding carboxylic acids is 1. The molecule has 0 aliphatic heterocycles. The van der Waals surface area contributed by atoms with Crippen molar-refractivity contribution in [1.82, 2.24) is 9.78 Å². The summed E-state index contributed by atoms with van der Waals surface area (Å²) in [6.45, 7) is 3.64. The lowest BCUT2D eigenvalue weighted by atomic mass is 10.2. The molecule has 5 nitrogen and oxygen atoms in total. The molecule has 0 saturated carbocycles. The first-order valence-corrected chi connectivity index (χ1v) is 7.28. The number of aromatic nitrogens is 2. The highest BCUT2D eigenvalue weighted by atomic mass is 32.2. The first-order chi connectivity index (χ1) is 9.86.